The predicted molar refractivity (Wildman–Crippen MR) is 117 cm³/mol. The number of ether oxygens (including phenoxy) is 1. The Hall–Kier alpha value is -2.31. The first-order valence-electron chi connectivity index (χ1n) is 9.89. The summed E-state index contributed by atoms with van der Waals surface area (Å²) in [6, 6.07) is 8.27. The number of carbonyl (C=O) groups excluding carboxylic acids is 1. The molecule has 0 spiro atoms. The molecule has 1 atom stereocenters. The average Bonchev–Trinajstić information content (AvgIpc) is 3.28. The fourth-order valence-electron chi connectivity index (χ4n) is 3.48. The number of halogens is 1. The lowest BCUT2D eigenvalue weighted by atomic mass is 10.1. The zero-order valence-corrected chi connectivity index (χ0v) is 18.3. The second-order valence-corrected chi connectivity index (χ2v) is 8.02. The van der Waals surface area contributed by atoms with Gasteiger partial charge in [-0.1, -0.05) is 23.7 Å². The lowest BCUT2D eigenvalue weighted by molar-refractivity contribution is -0.128. The van der Waals surface area contributed by atoms with Crippen molar-refractivity contribution in [1.29, 1.82) is 0 Å². The van der Waals surface area contributed by atoms with Crippen LogP contribution in [0.1, 0.15) is 29.7 Å². The predicted octanol–water partition coefficient (Wildman–Crippen LogP) is 3.67. The van der Waals surface area contributed by atoms with Gasteiger partial charge in [-0.3, -0.25) is 9.48 Å². The fraction of sp³-hybridized carbons (Fsp3) is 0.455. The lowest BCUT2D eigenvalue weighted by Crippen LogP contribution is -2.35. The molecule has 0 aliphatic carbocycles. The van der Waals surface area contributed by atoms with Crippen molar-refractivity contribution in [3.63, 3.8) is 0 Å². The molecular formula is C22H29ClN4O2. The van der Waals surface area contributed by atoms with Gasteiger partial charge in [0.2, 0.25) is 5.91 Å². The molecule has 1 aliphatic rings. The van der Waals surface area contributed by atoms with E-state index in [0.717, 1.165) is 42.0 Å². The van der Waals surface area contributed by atoms with Crippen LogP contribution in [-0.2, 0) is 23.1 Å². The zero-order valence-electron chi connectivity index (χ0n) is 17.6. The van der Waals surface area contributed by atoms with Crippen molar-refractivity contribution < 1.29 is 9.53 Å². The molecule has 0 saturated carbocycles. The summed E-state index contributed by atoms with van der Waals surface area (Å²) in [7, 11) is 5.81. The number of rotatable bonds is 7. The molecular weight excluding hydrogens is 388 g/mol. The summed E-state index contributed by atoms with van der Waals surface area (Å²) in [5.74, 6) is -0.0588. The minimum absolute atomic E-state index is 0.0588. The molecule has 0 radical (unpaired) electrons. The van der Waals surface area contributed by atoms with Crippen LogP contribution in [0, 0.1) is 6.92 Å². The fourth-order valence-corrected chi connectivity index (χ4v) is 3.72. The first-order chi connectivity index (χ1) is 13.8. The second-order valence-electron chi connectivity index (χ2n) is 7.66. The molecule has 1 aromatic carbocycles. The monoisotopic (exact) mass is 416 g/mol. The number of anilines is 1. The van der Waals surface area contributed by atoms with Crippen LogP contribution >= 0.6 is 11.6 Å². The molecule has 29 heavy (non-hydrogen) atoms. The Balaban J connectivity index is 1.76. The van der Waals surface area contributed by atoms with Gasteiger partial charge in [0.1, 0.15) is 5.15 Å². The number of hydrogen-bond acceptors (Lipinski definition) is 4. The molecule has 6 nitrogen and oxygen atoms in total. The molecule has 1 aliphatic heterocycles. The van der Waals surface area contributed by atoms with E-state index in [2.05, 4.69) is 34.3 Å². The van der Waals surface area contributed by atoms with Crippen LogP contribution in [0.15, 0.2) is 30.3 Å². The summed E-state index contributed by atoms with van der Waals surface area (Å²) in [5.41, 5.74) is 3.79. The van der Waals surface area contributed by atoms with E-state index in [-0.39, 0.29) is 12.0 Å². The van der Waals surface area contributed by atoms with Crippen molar-refractivity contribution in [2.75, 3.05) is 32.1 Å². The lowest BCUT2D eigenvalue weighted by Gasteiger charge is -2.25. The third-order valence-corrected chi connectivity index (χ3v) is 5.62. The summed E-state index contributed by atoms with van der Waals surface area (Å²) in [6.07, 6.45) is 5.46. The maximum atomic E-state index is 13.0. The molecule has 156 valence electrons. The average molecular weight is 417 g/mol. The van der Waals surface area contributed by atoms with Gasteiger partial charge in [0.15, 0.2) is 0 Å². The SMILES string of the molecule is Cc1nn(C)c(Cl)c1/C=C/C(=O)N(Cc1ccc(N(C)C)cc1)CC1CCCO1. The quantitative estimate of drug-likeness (QED) is 0.646. The van der Waals surface area contributed by atoms with E-state index in [4.69, 9.17) is 16.3 Å². The van der Waals surface area contributed by atoms with E-state index < -0.39 is 0 Å². The molecule has 1 fully saturated rings. The first kappa shape index (κ1) is 21.4. The number of carbonyl (C=O) groups is 1. The van der Waals surface area contributed by atoms with Gasteiger partial charge < -0.3 is 14.5 Å². The van der Waals surface area contributed by atoms with Crippen LogP contribution < -0.4 is 4.90 Å². The van der Waals surface area contributed by atoms with Crippen molar-refractivity contribution in [2.45, 2.75) is 32.4 Å². The minimum atomic E-state index is -0.0588. The first-order valence-corrected chi connectivity index (χ1v) is 10.3. The molecule has 1 saturated heterocycles. The van der Waals surface area contributed by atoms with Gasteiger partial charge >= 0.3 is 0 Å². The van der Waals surface area contributed by atoms with Crippen molar-refractivity contribution in [3.05, 3.63) is 52.3 Å². The van der Waals surface area contributed by atoms with E-state index in [9.17, 15) is 4.79 Å². The van der Waals surface area contributed by atoms with Crippen LogP contribution in [0.5, 0.6) is 0 Å². The van der Waals surface area contributed by atoms with Crippen LogP contribution in [-0.4, -0.2) is 53.9 Å². The third kappa shape index (κ3) is 5.40. The van der Waals surface area contributed by atoms with Crippen molar-refractivity contribution in [2.24, 2.45) is 7.05 Å². The molecule has 7 heteroatoms. The number of nitrogens with zero attached hydrogens (tertiary/aromatic N) is 4. The molecule has 2 heterocycles. The smallest absolute Gasteiger partial charge is 0.246 e. The van der Waals surface area contributed by atoms with E-state index >= 15 is 0 Å². The Labute approximate surface area is 177 Å². The highest BCUT2D eigenvalue weighted by Gasteiger charge is 2.22. The van der Waals surface area contributed by atoms with Crippen molar-refractivity contribution in [3.8, 4) is 0 Å². The van der Waals surface area contributed by atoms with Gasteiger partial charge in [-0.15, -0.1) is 0 Å². The molecule has 0 bridgehead atoms. The topological polar surface area (TPSA) is 50.6 Å². The molecule has 3 rings (SSSR count). The van der Waals surface area contributed by atoms with E-state index in [1.807, 2.05) is 25.9 Å². The summed E-state index contributed by atoms with van der Waals surface area (Å²) in [6.45, 7) is 3.77. The maximum absolute atomic E-state index is 13.0. The Bertz CT molecular complexity index is 868. The summed E-state index contributed by atoms with van der Waals surface area (Å²) in [4.78, 5) is 16.9. The van der Waals surface area contributed by atoms with Gasteiger partial charge in [-0.2, -0.15) is 5.10 Å². The van der Waals surface area contributed by atoms with Gasteiger partial charge in [0.05, 0.1) is 11.8 Å². The highest BCUT2D eigenvalue weighted by atomic mass is 35.5. The Morgan fingerprint density at radius 2 is 2.07 bits per heavy atom. The highest BCUT2D eigenvalue weighted by Crippen LogP contribution is 2.21. The van der Waals surface area contributed by atoms with Crippen LogP contribution in [0.4, 0.5) is 5.69 Å². The normalized spacial score (nSPS) is 16.5. The van der Waals surface area contributed by atoms with Crippen LogP contribution in [0.25, 0.3) is 6.08 Å². The highest BCUT2D eigenvalue weighted by molar-refractivity contribution is 6.31. The molecule has 1 aromatic heterocycles. The Kier molecular flexibility index (Phi) is 6.98. The van der Waals surface area contributed by atoms with Crippen LogP contribution in [0.2, 0.25) is 5.15 Å². The number of hydrogen-bond donors (Lipinski definition) is 0. The summed E-state index contributed by atoms with van der Waals surface area (Å²) >= 11 is 6.28. The summed E-state index contributed by atoms with van der Waals surface area (Å²) < 4.78 is 7.38. The van der Waals surface area contributed by atoms with Gasteiger partial charge in [-0.25, -0.2) is 0 Å². The largest absolute Gasteiger partial charge is 0.378 e. The maximum Gasteiger partial charge on any atom is 0.246 e. The molecule has 1 unspecified atom stereocenters. The molecule has 2 aromatic rings. The second kappa shape index (κ2) is 9.46. The standard InChI is InChI=1S/C22H29ClN4O2/c1-16-20(22(23)26(4)24-16)11-12-21(28)27(15-19-6-5-13-29-19)14-17-7-9-18(10-8-17)25(2)3/h7-12,19H,5-6,13-15H2,1-4H3/b12-11+. The zero-order chi connectivity index (χ0) is 21.0. The number of benzene rings is 1. The van der Waals surface area contributed by atoms with Gasteiger partial charge in [0.25, 0.3) is 0 Å². The third-order valence-electron chi connectivity index (χ3n) is 5.17. The Morgan fingerprint density at radius 3 is 2.62 bits per heavy atom. The number of amides is 1. The van der Waals surface area contributed by atoms with Crippen molar-refractivity contribution >= 4 is 29.3 Å². The summed E-state index contributed by atoms with van der Waals surface area (Å²) in [5, 5.41) is 4.82. The van der Waals surface area contributed by atoms with E-state index in [0.29, 0.717) is 18.2 Å². The minimum Gasteiger partial charge on any atom is -0.378 e. The van der Waals surface area contributed by atoms with Crippen molar-refractivity contribution in [1.82, 2.24) is 14.7 Å². The molecule has 0 N–H and O–H groups in total. The van der Waals surface area contributed by atoms with Gasteiger partial charge in [-0.05, 0) is 43.5 Å². The van der Waals surface area contributed by atoms with E-state index in [1.54, 1.807) is 23.9 Å². The Morgan fingerprint density at radius 1 is 1.34 bits per heavy atom. The molecule has 1 amide bonds. The van der Waals surface area contributed by atoms with Crippen LogP contribution in [0.3, 0.4) is 0 Å². The van der Waals surface area contributed by atoms with E-state index in [1.165, 1.54) is 0 Å². The van der Waals surface area contributed by atoms with Gasteiger partial charge in [0, 0.05) is 58.2 Å². The number of aryl methyl sites for hydroxylation is 2. The number of aromatic nitrogens is 2.